The maximum Gasteiger partial charge on any atom is 0.00769 e. The van der Waals surface area contributed by atoms with Gasteiger partial charge in [-0.3, -0.25) is 0 Å². The van der Waals surface area contributed by atoms with Gasteiger partial charge in [0.1, 0.15) is 0 Å². The van der Waals surface area contributed by atoms with Gasteiger partial charge in [-0.1, -0.05) is 20.8 Å². The highest BCUT2D eigenvalue weighted by Crippen LogP contribution is 2.16. The van der Waals surface area contributed by atoms with Crippen molar-refractivity contribution in [1.82, 2.24) is 5.32 Å². The first-order valence-corrected chi connectivity index (χ1v) is 3.12. The normalized spacial score (nSPS) is 12.0. The van der Waals surface area contributed by atoms with E-state index in [1.165, 1.54) is 6.42 Å². The summed E-state index contributed by atoms with van der Waals surface area (Å²) >= 11 is 0. The highest BCUT2D eigenvalue weighted by Gasteiger charge is 2.11. The molecule has 0 fully saturated rings. The van der Waals surface area contributed by atoms with Gasteiger partial charge in [0.2, 0.25) is 0 Å². The first-order chi connectivity index (χ1) is 3.62. The van der Waals surface area contributed by atoms with Crippen LogP contribution in [0.15, 0.2) is 0 Å². The van der Waals surface area contributed by atoms with Crippen molar-refractivity contribution < 1.29 is 0 Å². The van der Waals surface area contributed by atoms with Gasteiger partial charge in [0.15, 0.2) is 0 Å². The van der Waals surface area contributed by atoms with Crippen LogP contribution in [0.2, 0.25) is 0 Å². The van der Waals surface area contributed by atoms with Crippen LogP contribution in [0.1, 0.15) is 27.2 Å². The molecule has 49 valence electrons. The summed E-state index contributed by atoms with van der Waals surface area (Å²) in [5, 5.41) is 2.91. The smallest absolute Gasteiger partial charge is 0.00769 e. The second kappa shape index (κ2) is 3.08. The first kappa shape index (κ1) is 7.96. The van der Waals surface area contributed by atoms with Gasteiger partial charge in [-0.25, -0.2) is 0 Å². The Morgan fingerprint density at radius 1 is 1.50 bits per heavy atom. The summed E-state index contributed by atoms with van der Waals surface area (Å²) in [6.45, 7) is 7.65. The Morgan fingerprint density at radius 2 is 2.00 bits per heavy atom. The van der Waals surface area contributed by atoms with E-state index in [1.54, 1.807) is 0 Å². The van der Waals surface area contributed by atoms with Gasteiger partial charge in [0.25, 0.3) is 0 Å². The minimum Gasteiger partial charge on any atom is -0.315 e. The fourth-order valence-electron chi connectivity index (χ4n) is 0.463. The molecule has 1 nitrogen and oxygen atoms in total. The van der Waals surface area contributed by atoms with Crippen molar-refractivity contribution in [3.8, 4) is 0 Å². The molecule has 0 heterocycles. The minimum absolute atomic E-state index is 0.418. The Bertz CT molecular complexity index is 57.4. The highest BCUT2D eigenvalue weighted by atomic mass is 14.8. The fraction of sp³-hybridized carbons (Fsp3) is 0.857. The Morgan fingerprint density at radius 3 is 2.12 bits per heavy atom. The zero-order chi connectivity index (χ0) is 6.62. The van der Waals surface area contributed by atoms with Crippen LogP contribution >= 0.6 is 0 Å². The second-order valence-electron chi connectivity index (χ2n) is 2.94. The topological polar surface area (TPSA) is 12.0 Å². The van der Waals surface area contributed by atoms with E-state index in [0.717, 1.165) is 6.54 Å². The van der Waals surface area contributed by atoms with Gasteiger partial charge in [0.05, 0.1) is 0 Å². The molecule has 0 bridgehead atoms. The zero-order valence-electron chi connectivity index (χ0n) is 6.12. The summed E-state index contributed by atoms with van der Waals surface area (Å²) in [4.78, 5) is 0. The number of rotatable bonds is 3. The lowest BCUT2D eigenvalue weighted by Gasteiger charge is -2.21. The van der Waals surface area contributed by atoms with E-state index >= 15 is 0 Å². The maximum absolute atomic E-state index is 3.57. The predicted octanol–water partition coefficient (Wildman–Crippen LogP) is 1.80. The quantitative estimate of drug-likeness (QED) is 0.590. The fourth-order valence-corrected chi connectivity index (χ4v) is 0.463. The Balaban J connectivity index is 3.37. The van der Waals surface area contributed by atoms with E-state index in [2.05, 4.69) is 33.1 Å². The minimum atomic E-state index is 0.418. The molecule has 0 aliphatic carbocycles. The average molecular weight is 114 g/mol. The molecular formula is C7H16N. The molecule has 0 saturated carbocycles. The third-order valence-electron chi connectivity index (χ3n) is 1.56. The summed E-state index contributed by atoms with van der Waals surface area (Å²) < 4.78 is 0. The molecule has 0 aromatic rings. The lowest BCUT2D eigenvalue weighted by atomic mass is 9.90. The number of hydrogen-bond donors (Lipinski definition) is 1. The van der Waals surface area contributed by atoms with Crippen molar-refractivity contribution in [1.29, 1.82) is 0 Å². The van der Waals surface area contributed by atoms with Crippen LogP contribution in [0, 0.1) is 12.5 Å². The standard InChI is InChI=1S/C7H16N/c1-5-7(2,3)6-8-4/h8H,4-6H2,1-3H3. The molecule has 8 heavy (non-hydrogen) atoms. The molecule has 0 aliphatic rings. The van der Waals surface area contributed by atoms with Gasteiger partial charge in [-0.2, -0.15) is 0 Å². The Kier molecular flexibility index (Phi) is 3.06. The average Bonchev–Trinajstić information content (AvgIpc) is 1.67. The van der Waals surface area contributed by atoms with Crippen molar-refractivity contribution in [3.63, 3.8) is 0 Å². The molecule has 0 rings (SSSR count). The van der Waals surface area contributed by atoms with Crippen molar-refractivity contribution >= 4 is 0 Å². The molecule has 0 spiro atoms. The van der Waals surface area contributed by atoms with Crippen molar-refractivity contribution in [2.75, 3.05) is 6.54 Å². The van der Waals surface area contributed by atoms with Crippen LogP contribution in [-0.2, 0) is 0 Å². The van der Waals surface area contributed by atoms with E-state index in [4.69, 9.17) is 0 Å². The molecular weight excluding hydrogens is 98.1 g/mol. The molecule has 1 heteroatoms. The van der Waals surface area contributed by atoms with Crippen LogP contribution in [0.25, 0.3) is 0 Å². The lowest BCUT2D eigenvalue weighted by molar-refractivity contribution is 0.344. The van der Waals surface area contributed by atoms with Gasteiger partial charge in [-0.05, 0) is 11.8 Å². The zero-order valence-corrected chi connectivity index (χ0v) is 6.12. The Hall–Kier alpha value is -0.0400. The van der Waals surface area contributed by atoms with Crippen LogP contribution in [0.5, 0.6) is 0 Å². The SMILES string of the molecule is [CH2]NCC(C)(C)CC. The van der Waals surface area contributed by atoms with Crippen LogP contribution in [-0.4, -0.2) is 6.54 Å². The molecule has 0 amide bonds. The third kappa shape index (κ3) is 3.03. The third-order valence-corrected chi connectivity index (χ3v) is 1.56. The highest BCUT2D eigenvalue weighted by molar-refractivity contribution is 4.68. The second-order valence-corrected chi connectivity index (χ2v) is 2.94. The van der Waals surface area contributed by atoms with Crippen LogP contribution < -0.4 is 5.32 Å². The predicted molar refractivity (Wildman–Crippen MR) is 37.4 cm³/mol. The molecule has 0 unspecified atom stereocenters. The summed E-state index contributed by atoms with van der Waals surface area (Å²) in [7, 11) is 3.57. The van der Waals surface area contributed by atoms with Crippen LogP contribution in [0.4, 0.5) is 0 Å². The monoisotopic (exact) mass is 114 g/mol. The van der Waals surface area contributed by atoms with Gasteiger partial charge >= 0.3 is 0 Å². The summed E-state index contributed by atoms with van der Waals surface area (Å²) in [5.74, 6) is 0. The molecule has 0 aromatic carbocycles. The van der Waals surface area contributed by atoms with E-state index < -0.39 is 0 Å². The molecule has 0 saturated heterocycles. The molecule has 0 atom stereocenters. The largest absolute Gasteiger partial charge is 0.315 e. The molecule has 1 radical (unpaired) electrons. The molecule has 1 N–H and O–H groups in total. The molecule has 0 aromatic heterocycles. The maximum atomic E-state index is 3.57. The summed E-state index contributed by atoms with van der Waals surface area (Å²) in [6.07, 6.45) is 1.20. The van der Waals surface area contributed by atoms with E-state index in [-0.39, 0.29) is 0 Å². The van der Waals surface area contributed by atoms with Gasteiger partial charge < -0.3 is 5.32 Å². The van der Waals surface area contributed by atoms with Crippen molar-refractivity contribution in [3.05, 3.63) is 7.05 Å². The lowest BCUT2D eigenvalue weighted by Crippen LogP contribution is -2.24. The van der Waals surface area contributed by atoms with E-state index in [0.29, 0.717) is 5.41 Å². The van der Waals surface area contributed by atoms with Gasteiger partial charge in [-0.15, -0.1) is 0 Å². The van der Waals surface area contributed by atoms with Crippen LogP contribution in [0.3, 0.4) is 0 Å². The van der Waals surface area contributed by atoms with Crippen molar-refractivity contribution in [2.45, 2.75) is 27.2 Å². The van der Waals surface area contributed by atoms with Crippen molar-refractivity contribution in [2.24, 2.45) is 5.41 Å². The number of nitrogens with one attached hydrogen (secondary N) is 1. The van der Waals surface area contributed by atoms with E-state index in [1.807, 2.05) is 0 Å². The molecule has 0 aliphatic heterocycles. The summed E-state index contributed by atoms with van der Waals surface area (Å²) in [5.41, 5.74) is 0.418. The first-order valence-electron chi connectivity index (χ1n) is 3.12. The summed E-state index contributed by atoms with van der Waals surface area (Å²) in [6, 6.07) is 0. The van der Waals surface area contributed by atoms with Gasteiger partial charge in [0, 0.05) is 13.6 Å². The Labute approximate surface area is 52.5 Å². The van der Waals surface area contributed by atoms with E-state index in [9.17, 15) is 0 Å². The number of hydrogen-bond acceptors (Lipinski definition) is 1.